The van der Waals surface area contributed by atoms with Crippen molar-refractivity contribution in [1.82, 2.24) is 0 Å². The number of nitrogens with one attached hydrogen (secondary N) is 5. The molecule has 0 atom stereocenters. The van der Waals surface area contributed by atoms with E-state index in [0.29, 0.717) is 82.5 Å². The highest BCUT2D eigenvalue weighted by Gasteiger charge is 2.19. The third kappa shape index (κ3) is 31.0. The van der Waals surface area contributed by atoms with Gasteiger partial charge in [-0.2, -0.15) is 0 Å². The zero-order valence-corrected chi connectivity index (χ0v) is 73.9. The van der Waals surface area contributed by atoms with Gasteiger partial charge in [0.05, 0.1) is 66.5 Å². The molecule has 0 aliphatic heterocycles. The predicted octanol–water partition coefficient (Wildman–Crippen LogP) is 25.1. The van der Waals surface area contributed by atoms with Gasteiger partial charge in [-0.1, -0.05) is 180 Å². The van der Waals surface area contributed by atoms with Gasteiger partial charge < -0.3 is 47.4 Å². The first kappa shape index (κ1) is 93.9. The Labute approximate surface area is 710 Å². The van der Waals surface area contributed by atoms with Crippen molar-refractivity contribution in [3.8, 4) is 28.7 Å². The summed E-state index contributed by atoms with van der Waals surface area (Å²) in [5.74, 6) is 4.18. The number of hydrogen-bond donors (Lipinski definition) is 5. The van der Waals surface area contributed by atoms with Crippen LogP contribution in [0, 0.1) is 79.7 Å². The molecule has 5 amide bonds. The Hall–Kier alpha value is -11.0. The Bertz CT molecular complexity index is 4440. The third-order valence-electron chi connectivity index (χ3n) is 17.4. The Morgan fingerprint density at radius 1 is 0.302 bits per heavy atom. The van der Waals surface area contributed by atoms with Crippen molar-refractivity contribution < 1.29 is 71.3 Å². The standard InChI is InChI=1S/C20H25NO3.C19H23NO3.C18H20BrNO3.C18H20ClNO3.C18H20INO3/c1-5-16-8-7-9-17(19(16)21-20(22)23-6-2)13-24-18-11-10-14(3)12-15(18)4;1-5-22-19(21)20-18-14(3)7-6-8-16(18)12-23-17-10-9-13(2)11-15(17)4;3*1-4-22-18(21)20-17-14(6-5-7-15(17)19)11-23-16-9-8-12(2)10-13(16)3/h7-12H,5-6,13H2,1-4H3,(H,21,22);6-11H,5,12H2,1-4H3,(H,20,21);3*5-10H,4,11H2,1-3H3,(H,20,21). The number of para-hydroxylation sites is 5. The Kier molecular flexibility index (Phi) is 39.7. The number of amides is 5. The number of carbonyl (C=O) groups is 5. The van der Waals surface area contributed by atoms with Gasteiger partial charge in [-0.15, -0.1) is 0 Å². The van der Waals surface area contributed by atoms with E-state index in [1.165, 1.54) is 27.8 Å². The van der Waals surface area contributed by atoms with Crippen LogP contribution in [0.3, 0.4) is 0 Å². The summed E-state index contributed by atoms with van der Waals surface area (Å²) in [6.07, 6.45) is -1.54. The lowest BCUT2D eigenvalue weighted by molar-refractivity contribution is 0.167. The van der Waals surface area contributed by atoms with Gasteiger partial charge in [0.15, 0.2) is 0 Å². The molecular weight excluding hydrogens is 1670 g/mol. The van der Waals surface area contributed by atoms with E-state index >= 15 is 0 Å². The van der Waals surface area contributed by atoms with E-state index in [2.05, 4.69) is 123 Å². The monoisotopic (exact) mass is 1780 g/mol. The third-order valence-corrected chi connectivity index (χ3v) is 19.2. The summed E-state index contributed by atoms with van der Waals surface area (Å²) in [6, 6.07) is 59.0. The molecule has 616 valence electrons. The van der Waals surface area contributed by atoms with Crippen molar-refractivity contribution in [2.75, 3.05) is 59.6 Å². The molecule has 5 N–H and O–H groups in total. The lowest BCUT2D eigenvalue weighted by Crippen LogP contribution is -2.16. The number of halogens is 3. The Morgan fingerprint density at radius 2 is 0.560 bits per heavy atom. The number of aryl methyl sites for hydroxylation is 12. The number of ether oxygens (including phenoxy) is 10. The lowest BCUT2D eigenvalue weighted by Gasteiger charge is -2.16. The molecule has 10 rings (SSSR count). The van der Waals surface area contributed by atoms with Crippen molar-refractivity contribution in [1.29, 1.82) is 0 Å². The minimum atomic E-state index is -0.534. The van der Waals surface area contributed by atoms with Gasteiger partial charge in [0.25, 0.3) is 0 Å². The van der Waals surface area contributed by atoms with Gasteiger partial charge in [-0.25, -0.2) is 24.0 Å². The van der Waals surface area contributed by atoms with Crippen LogP contribution in [-0.4, -0.2) is 63.5 Å². The van der Waals surface area contributed by atoms with E-state index < -0.39 is 30.5 Å². The van der Waals surface area contributed by atoms with Crippen LogP contribution in [0.25, 0.3) is 0 Å². The number of anilines is 5. The molecule has 20 nitrogen and oxygen atoms in total. The molecule has 0 fully saturated rings. The van der Waals surface area contributed by atoms with Gasteiger partial charge in [0, 0.05) is 35.9 Å². The molecule has 0 unspecified atom stereocenters. The van der Waals surface area contributed by atoms with Crippen molar-refractivity contribution in [3.05, 3.63) is 290 Å². The van der Waals surface area contributed by atoms with Crippen molar-refractivity contribution in [2.24, 2.45) is 0 Å². The highest BCUT2D eigenvalue weighted by atomic mass is 127. The van der Waals surface area contributed by atoms with E-state index in [1.807, 2.05) is 201 Å². The van der Waals surface area contributed by atoms with Crippen LogP contribution in [0.5, 0.6) is 28.7 Å². The van der Waals surface area contributed by atoms with Crippen molar-refractivity contribution >= 4 is 109 Å². The fourth-order valence-electron chi connectivity index (χ4n) is 11.7. The van der Waals surface area contributed by atoms with Crippen LogP contribution < -0.4 is 50.3 Å². The summed E-state index contributed by atoms with van der Waals surface area (Å²) in [6.45, 7) is 36.6. The second kappa shape index (κ2) is 49.1. The second-order valence-electron chi connectivity index (χ2n) is 26.8. The smallest absolute Gasteiger partial charge is 0.411 e. The van der Waals surface area contributed by atoms with Crippen LogP contribution >= 0.6 is 50.1 Å². The van der Waals surface area contributed by atoms with Gasteiger partial charge >= 0.3 is 30.5 Å². The maximum atomic E-state index is 11.8. The summed E-state index contributed by atoms with van der Waals surface area (Å²) in [4.78, 5) is 58.6. The zero-order chi connectivity index (χ0) is 84.8. The summed E-state index contributed by atoms with van der Waals surface area (Å²) in [7, 11) is 0. The normalized spacial score (nSPS) is 10.3. The quantitative estimate of drug-likeness (QED) is 0.0250. The molecule has 116 heavy (non-hydrogen) atoms. The maximum absolute atomic E-state index is 11.8. The summed E-state index contributed by atoms with van der Waals surface area (Å²) in [5, 5.41) is 14.3. The Balaban J connectivity index is 0.000000225. The molecule has 0 saturated heterocycles. The average Bonchev–Trinajstić information content (AvgIpc) is 0.852. The van der Waals surface area contributed by atoms with Crippen LogP contribution in [0.1, 0.15) is 136 Å². The SMILES string of the molecule is CCOC(=O)Nc1c(Br)cccc1COc1ccc(C)cc1C.CCOC(=O)Nc1c(C)cccc1COc1ccc(C)cc1C.CCOC(=O)Nc1c(CC)cccc1COc1ccc(C)cc1C.CCOC(=O)Nc1c(Cl)cccc1COc1ccc(C)cc1C.CCOC(=O)Nc1c(I)cccc1COc1ccc(C)cc1C. The van der Waals surface area contributed by atoms with Gasteiger partial charge in [-0.3, -0.25) is 26.6 Å². The van der Waals surface area contributed by atoms with Crippen molar-refractivity contribution in [2.45, 2.75) is 157 Å². The lowest BCUT2D eigenvalue weighted by atomic mass is 10.1. The van der Waals surface area contributed by atoms with E-state index in [-0.39, 0.29) is 0 Å². The predicted molar refractivity (Wildman–Crippen MR) is 476 cm³/mol. The minimum absolute atomic E-state index is 0.296. The molecule has 0 aromatic heterocycles. The fourth-order valence-corrected chi connectivity index (χ4v) is 13.1. The van der Waals surface area contributed by atoms with Gasteiger partial charge in [-0.05, 0) is 243 Å². The molecule has 23 heteroatoms. The molecular formula is C93H108BrClIN5O15. The summed E-state index contributed by atoms with van der Waals surface area (Å²) >= 11 is 11.8. The maximum Gasteiger partial charge on any atom is 0.411 e. The zero-order valence-electron chi connectivity index (χ0n) is 69.4. The molecule has 0 radical (unpaired) electrons. The molecule has 0 aliphatic carbocycles. The molecule has 10 aromatic carbocycles. The van der Waals surface area contributed by atoms with E-state index in [9.17, 15) is 24.0 Å². The number of hydrogen-bond acceptors (Lipinski definition) is 15. The summed E-state index contributed by atoms with van der Waals surface area (Å²) < 4.78 is 56.1. The van der Waals surface area contributed by atoms with Crippen LogP contribution in [0.4, 0.5) is 52.4 Å². The summed E-state index contributed by atoms with van der Waals surface area (Å²) in [5.41, 5.74) is 21.3. The molecule has 0 heterocycles. The van der Waals surface area contributed by atoms with Gasteiger partial charge in [0.2, 0.25) is 0 Å². The topological polar surface area (TPSA) is 238 Å². The Morgan fingerprint density at radius 3 is 0.905 bits per heavy atom. The average molecular weight is 1780 g/mol. The largest absolute Gasteiger partial charge is 0.489 e. The highest BCUT2D eigenvalue weighted by Crippen LogP contribution is 2.34. The molecule has 0 spiro atoms. The minimum Gasteiger partial charge on any atom is -0.489 e. The van der Waals surface area contributed by atoms with E-state index in [4.69, 9.17) is 59.0 Å². The van der Waals surface area contributed by atoms with E-state index in [0.717, 1.165) is 127 Å². The highest BCUT2D eigenvalue weighted by molar-refractivity contribution is 14.1. The fraction of sp³-hybridized carbons (Fsp3) is 0.301. The molecule has 0 saturated carbocycles. The first-order valence-electron chi connectivity index (χ1n) is 38.3. The van der Waals surface area contributed by atoms with Crippen LogP contribution in [0.2, 0.25) is 5.02 Å². The second-order valence-corrected chi connectivity index (χ2v) is 29.2. The number of benzene rings is 10. The van der Waals surface area contributed by atoms with Crippen LogP contribution in [-0.2, 0) is 63.1 Å². The van der Waals surface area contributed by atoms with Gasteiger partial charge in [0.1, 0.15) is 61.8 Å². The number of rotatable bonds is 26. The molecule has 10 aromatic rings. The first-order chi connectivity index (χ1) is 55.6. The number of carbonyl (C=O) groups excluding carboxylic acids is 5. The van der Waals surface area contributed by atoms with Crippen LogP contribution in [0.15, 0.2) is 186 Å². The first-order valence-corrected chi connectivity index (χ1v) is 40.5. The van der Waals surface area contributed by atoms with E-state index in [1.54, 1.807) is 40.7 Å². The van der Waals surface area contributed by atoms with Crippen molar-refractivity contribution in [3.63, 3.8) is 0 Å². The molecule has 0 bridgehead atoms. The molecule has 0 aliphatic rings.